The minimum Gasteiger partial charge on any atom is -0.726 e. The molecule has 8 heteroatoms. The van der Waals surface area contributed by atoms with Crippen LogP contribution in [-0.4, -0.2) is 37.9 Å². The quantitative estimate of drug-likeness (QED) is 0.468. The molecule has 0 N–H and O–H groups in total. The summed E-state index contributed by atoms with van der Waals surface area (Å²) >= 11 is 0. The van der Waals surface area contributed by atoms with Gasteiger partial charge in [-0.05, 0) is 19.3 Å². The van der Waals surface area contributed by atoms with Crippen LogP contribution in [0, 0.1) is 0 Å². The summed E-state index contributed by atoms with van der Waals surface area (Å²) in [6, 6.07) is 12.9. The second-order valence-electron chi connectivity index (χ2n) is 5.92. The molecule has 1 aliphatic heterocycles. The highest BCUT2D eigenvalue weighted by Crippen LogP contribution is 2.24. The van der Waals surface area contributed by atoms with Gasteiger partial charge in [0.1, 0.15) is 7.05 Å². The number of anilines is 1. The Balaban J connectivity index is 0.000000326. The summed E-state index contributed by atoms with van der Waals surface area (Å²) in [5.41, 5.74) is 2.56. The summed E-state index contributed by atoms with van der Waals surface area (Å²) in [5.74, 6) is 1.33. The lowest BCUT2D eigenvalue weighted by Gasteiger charge is -2.20. The Morgan fingerprint density at radius 1 is 1.12 bits per heavy atom. The van der Waals surface area contributed by atoms with Crippen molar-refractivity contribution in [3.8, 4) is 11.3 Å². The molecule has 1 fully saturated rings. The van der Waals surface area contributed by atoms with E-state index in [0.29, 0.717) is 0 Å². The summed E-state index contributed by atoms with van der Waals surface area (Å²) in [7, 11) is 0.680. The lowest BCUT2D eigenvalue weighted by atomic mass is 10.1. The molecule has 0 unspecified atom stereocenters. The molecule has 25 heavy (non-hydrogen) atoms. The predicted molar refractivity (Wildman–Crippen MR) is 94.8 cm³/mol. The molecule has 2 aromatic rings. The minimum atomic E-state index is -4.41. The Bertz CT molecular complexity index is 782. The molecule has 0 aliphatic carbocycles. The first-order chi connectivity index (χ1) is 11.8. The maximum atomic E-state index is 9.22. The van der Waals surface area contributed by atoms with Gasteiger partial charge in [0.05, 0.1) is 32.0 Å². The number of benzene rings is 1. The van der Waals surface area contributed by atoms with E-state index in [1.807, 2.05) is 0 Å². The number of nitrogens with zero attached hydrogens (tertiary/aromatic N) is 3. The van der Waals surface area contributed by atoms with Crippen molar-refractivity contribution >= 4 is 16.2 Å². The van der Waals surface area contributed by atoms with E-state index in [2.05, 4.69) is 68.9 Å². The van der Waals surface area contributed by atoms with Gasteiger partial charge >= 0.3 is 0 Å². The van der Waals surface area contributed by atoms with Crippen LogP contribution in [0.25, 0.3) is 11.3 Å². The maximum absolute atomic E-state index is 9.22. The number of rotatable bonds is 3. The van der Waals surface area contributed by atoms with Gasteiger partial charge in [0.25, 0.3) is 5.82 Å². The Hall–Kier alpha value is -1.90. The third kappa shape index (κ3) is 5.29. The van der Waals surface area contributed by atoms with Crippen LogP contribution in [0.4, 0.5) is 5.82 Å². The first kappa shape index (κ1) is 19.4. The third-order valence-corrected chi connectivity index (χ3v) is 4.76. The normalized spacial score (nSPS) is 14.8. The standard InChI is InChI=1S/C16H22N3.CH4O4S/c1-17-15(14-9-5-3-6-10-14)13-16(18(17)2)19-11-7-4-8-12-19;1-5-6(2,3)4/h3,5-6,9-10,13H,4,7-8,11-12H2,1-2H3;1H3,(H,2,3,4)/q+1;/p-1. The topological polar surface area (TPSA) is 78.5 Å². The maximum Gasteiger partial charge on any atom is 0.297 e. The van der Waals surface area contributed by atoms with Gasteiger partial charge in [-0.2, -0.15) is 4.68 Å². The number of hydrogen-bond donors (Lipinski definition) is 0. The Labute approximate surface area is 149 Å². The van der Waals surface area contributed by atoms with Gasteiger partial charge in [-0.1, -0.05) is 30.3 Å². The molecular formula is C17H25N3O4S. The zero-order valence-electron chi connectivity index (χ0n) is 14.9. The molecular weight excluding hydrogens is 342 g/mol. The van der Waals surface area contributed by atoms with Crippen molar-refractivity contribution in [3.63, 3.8) is 0 Å². The molecule has 0 atom stereocenters. The van der Waals surface area contributed by atoms with Gasteiger partial charge in [-0.25, -0.2) is 13.1 Å². The van der Waals surface area contributed by atoms with Gasteiger partial charge in [-0.3, -0.25) is 9.08 Å². The lowest BCUT2D eigenvalue weighted by molar-refractivity contribution is -0.738. The average molecular weight is 367 g/mol. The van der Waals surface area contributed by atoms with Crippen molar-refractivity contribution < 1.29 is 21.8 Å². The van der Waals surface area contributed by atoms with Crippen LogP contribution < -0.4 is 9.58 Å². The zero-order valence-corrected chi connectivity index (χ0v) is 15.7. The third-order valence-electron chi connectivity index (χ3n) is 4.35. The average Bonchev–Trinajstić information content (AvgIpc) is 2.92. The molecule has 0 bridgehead atoms. The van der Waals surface area contributed by atoms with E-state index in [-0.39, 0.29) is 0 Å². The van der Waals surface area contributed by atoms with Crippen LogP contribution in [0.15, 0.2) is 36.4 Å². The van der Waals surface area contributed by atoms with Crippen LogP contribution in [0.5, 0.6) is 0 Å². The summed E-state index contributed by atoms with van der Waals surface area (Å²) in [6.45, 7) is 2.37. The highest BCUT2D eigenvalue weighted by atomic mass is 32.3. The van der Waals surface area contributed by atoms with Crippen LogP contribution in [0.2, 0.25) is 0 Å². The highest BCUT2D eigenvalue weighted by Gasteiger charge is 2.25. The highest BCUT2D eigenvalue weighted by molar-refractivity contribution is 7.80. The second kappa shape index (κ2) is 8.46. The van der Waals surface area contributed by atoms with Crippen molar-refractivity contribution in [2.24, 2.45) is 14.1 Å². The van der Waals surface area contributed by atoms with Crippen molar-refractivity contribution in [2.75, 3.05) is 25.1 Å². The molecule has 1 aromatic carbocycles. The molecule has 1 aromatic heterocycles. The summed E-state index contributed by atoms with van der Waals surface area (Å²) in [6.07, 6.45) is 4.00. The van der Waals surface area contributed by atoms with E-state index in [9.17, 15) is 13.0 Å². The van der Waals surface area contributed by atoms with E-state index in [4.69, 9.17) is 0 Å². The molecule has 138 valence electrons. The molecule has 2 heterocycles. The molecule has 0 amide bonds. The minimum absolute atomic E-state index is 0.808. The monoisotopic (exact) mass is 367 g/mol. The van der Waals surface area contributed by atoms with Crippen LogP contribution >= 0.6 is 0 Å². The fourth-order valence-electron chi connectivity index (χ4n) is 2.92. The first-order valence-electron chi connectivity index (χ1n) is 8.21. The van der Waals surface area contributed by atoms with Gasteiger partial charge in [-0.15, -0.1) is 0 Å². The van der Waals surface area contributed by atoms with Crippen molar-refractivity contribution in [1.29, 1.82) is 0 Å². The molecule has 7 nitrogen and oxygen atoms in total. The number of aromatic nitrogens is 2. The van der Waals surface area contributed by atoms with Crippen molar-refractivity contribution in [1.82, 2.24) is 4.68 Å². The van der Waals surface area contributed by atoms with Gasteiger partial charge in [0, 0.05) is 12.6 Å². The smallest absolute Gasteiger partial charge is 0.297 e. The van der Waals surface area contributed by atoms with Crippen molar-refractivity contribution in [2.45, 2.75) is 19.3 Å². The SMILES string of the molecule is COS(=O)(=O)[O-].Cn1c(-c2ccccc2)cc(N2CCCCC2)[n+]1C. The van der Waals surface area contributed by atoms with Gasteiger partial charge in [0.2, 0.25) is 10.4 Å². The molecule has 0 radical (unpaired) electrons. The lowest BCUT2D eigenvalue weighted by Crippen LogP contribution is -2.45. The summed E-state index contributed by atoms with van der Waals surface area (Å²) in [4.78, 5) is 2.51. The van der Waals surface area contributed by atoms with E-state index < -0.39 is 10.4 Å². The molecule has 1 aliphatic rings. The van der Waals surface area contributed by atoms with E-state index in [0.717, 1.165) is 7.11 Å². The fourth-order valence-corrected chi connectivity index (χ4v) is 2.92. The number of piperidine rings is 1. The first-order valence-corrected chi connectivity index (χ1v) is 9.54. The Kier molecular flexibility index (Phi) is 6.57. The largest absolute Gasteiger partial charge is 0.726 e. The second-order valence-corrected chi connectivity index (χ2v) is 7.07. The zero-order chi connectivity index (χ0) is 18.4. The van der Waals surface area contributed by atoms with E-state index >= 15 is 0 Å². The van der Waals surface area contributed by atoms with E-state index in [1.54, 1.807) is 0 Å². The van der Waals surface area contributed by atoms with Crippen LogP contribution in [0.1, 0.15) is 19.3 Å². The van der Waals surface area contributed by atoms with Crippen LogP contribution in [-0.2, 0) is 28.7 Å². The Morgan fingerprint density at radius 2 is 1.68 bits per heavy atom. The summed E-state index contributed by atoms with van der Waals surface area (Å²) < 4.78 is 35.5. The predicted octanol–water partition coefficient (Wildman–Crippen LogP) is 1.60. The Morgan fingerprint density at radius 3 is 2.20 bits per heavy atom. The molecule has 1 saturated heterocycles. The van der Waals surface area contributed by atoms with Gasteiger partial charge < -0.3 is 4.55 Å². The van der Waals surface area contributed by atoms with E-state index in [1.165, 1.54) is 49.4 Å². The molecule has 0 spiro atoms. The fraction of sp³-hybridized carbons (Fsp3) is 0.471. The number of hydrogen-bond acceptors (Lipinski definition) is 5. The molecule has 3 rings (SSSR count). The van der Waals surface area contributed by atoms with Gasteiger partial charge in [0.15, 0.2) is 0 Å². The summed E-state index contributed by atoms with van der Waals surface area (Å²) in [5, 5.41) is 0. The van der Waals surface area contributed by atoms with Crippen molar-refractivity contribution in [3.05, 3.63) is 36.4 Å². The van der Waals surface area contributed by atoms with Crippen LogP contribution in [0.3, 0.4) is 0 Å². The molecule has 0 saturated carbocycles.